The third-order valence-corrected chi connectivity index (χ3v) is 4.55. The molecule has 0 heterocycles. The first-order valence-corrected chi connectivity index (χ1v) is 7.48. The molecule has 3 rings (SSSR count). The zero-order valence-electron chi connectivity index (χ0n) is 10.5. The van der Waals surface area contributed by atoms with Crippen LogP contribution in [0.2, 0.25) is 0 Å². The molecule has 0 saturated heterocycles. The Labute approximate surface area is 126 Å². The van der Waals surface area contributed by atoms with Crippen LogP contribution < -0.4 is 5.73 Å². The maximum atomic E-state index is 11.0. The van der Waals surface area contributed by atoms with Gasteiger partial charge in [0.05, 0.1) is 5.60 Å². The van der Waals surface area contributed by atoms with Gasteiger partial charge < -0.3 is 10.8 Å². The number of halogens is 1. The fourth-order valence-electron chi connectivity index (χ4n) is 2.94. The van der Waals surface area contributed by atoms with E-state index in [1.54, 1.807) is 0 Å². The fourth-order valence-corrected chi connectivity index (χ4v) is 3.29. The van der Waals surface area contributed by atoms with Crippen molar-refractivity contribution in [3.63, 3.8) is 0 Å². The Kier molecular flexibility index (Phi) is 3.37. The van der Waals surface area contributed by atoms with Crippen molar-refractivity contribution in [1.82, 2.24) is 0 Å². The normalized spacial score (nSPS) is 25.3. The Hall–Kier alpha value is -0.910. The molecule has 1 aliphatic carbocycles. The van der Waals surface area contributed by atoms with E-state index in [0.29, 0.717) is 12.8 Å². The monoisotopic (exact) mass is 365 g/mol. The van der Waals surface area contributed by atoms with Crippen molar-refractivity contribution < 1.29 is 5.11 Å². The number of nitrogens with two attached hydrogens (primary N) is 1. The van der Waals surface area contributed by atoms with Crippen molar-refractivity contribution >= 4 is 22.6 Å². The second-order valence-electron chi connectivity index (χ2n) is 5.23. The van der Waals surface area contributed by atoms with Crippen LogP contribution in [0.15, 0.2) is 48.5 Å². The van der Waals surface area contributed by atoms with E-state index >= 15 is 0 Å². The third kappa shape index (κ3) is 2.42. The smallest absolute Gasteiger partial charge is 0.0958 e. The van der Waals surface area contributed by atoms with Crippen molar-refractivity contribution in [3.05, 3.63) is 68.8 Å². The molecule has 0 fully saturated rings. The first-order chi connectivity index (χ1) is 9.08. The lowest BCUT2D eigenvalue weighted by Crippen LogP contribution is -2.26. The van der Waals surface area contributed by atoms with E-state index < -0.39 is 5.60 Å². The molecule has 2 unspecified atom stereocenters. The van der Waals surface area contributed by atoms with Gasteiger partial charge in [-0.25, -0.2) is 0 Å². The second kappa shape index (κ2) is 4.89. The van der Waals surface area contributed by atoms with Gasteiger partial charge in [0, 0.05) is 16.0 Å². The summed E-state index contributed by atoms with van der Waals surface area (Å²) in [6, 6.07) is 16.2. The van der Waals surface area contributed by atoms with Gasteiger partial charge in [0.2, 0.25) is 0 Å². The van der Waals surface area contributed by atoms with Crippen LogP contribution in [0.5, 0.6) is 0 Å². The molecule has 2 atom stereocenters. The maximum absolute atomic E-state index is 11.0. The van der Waals surface area contributed by atoms with Crippen LogP contribution in [0.1, 0.15) is 29.2 Å². The molecule has 3 heteroatoms. The molecule has 19 heavy (non-hydrogen) atoms. The number of rotatable bonds is 2. The van der Waals surface area contributed by atoms with Gasteiger partial charge >= 0.3 is 0 Å². The summed E-state index contributed by atoms with van der Waals surface area (Å²) in [5.41, 5.74) is 8.52. The van der Waals surface area contributed by atoms with Crippen LogP contribution in [0.3, 0.4) is 0 Å². The first-order valence-electron chi connectivity index (χ1n) is 6.40. The van der Waals surface area contributed by atoms with Gasteiger partial charge in [-0.15, -0.1) is 0 Å². The van der Waals surface area contributed by atoms with Gasteiger partial charge in [-0.2, -0.15) is 0 Å². The van der Waals surface area contributed by atoms with Crippen molar-refractivity contribution in [2.75, 3.05) is 0 Å². The molecule has 2 aromatic rings. The number of hydrogen-bond donors (Lipinski definition) is 2. The van der Waals surface area contributed by atoms with Crippen LogP contribution in [0, 0.1) is 3.57 Å². The van der Waals surface area contributed by atoms with E-state index in [9.17, 15) is 5.11 Å². The summed E-state index contributed by atoms with van der Waals surface area (Å²) in [5, 5.41) is 11.0. The Bertz CT molecular complexity index is 596. The quantitative estimate of drug-likeness (QED) is 0.804. The summed E-state index contributed by atoms with van der Waals surface area (Å²) < 4.78 is 1.21. The van der Waals surface area contributed by atoms with Crippen LogP contribution in [-0.4, -0.2) is 5.11 Å². The summed E-state index contributed by atoms with van der Waals surface area (Å²) in [6.45, 7) is 0. The summed E-state index contributed by atoms with van der Waals surface area (Å²) in [6.07, 6.45) is 1.22. The molecule has 2 nitrogen and oxygen atoms in total. The Morgan fingerprint density at radius 2 is 1.84 bits per heavy atom. The maximum Gasteiger partial charge on any atom is 0.0958 e. The summed E-state index contributed by atoms with van der Waals surface area (Å²) in [5.74, 6) is 0. The fraction of sp³-hybridized carbons (Fsp3) is 0.250. The molecule has 0 aromatic heterocycles. The van der Waals surface area contributed by atoms with Crippen molar-refractivity contribution in [1.29, 1.82) is 0 Å². The Morgan fingerprint density at radius 3 is 2.58 bits per heavy atom. The van der Waals surface area contributed by atoms with Crippen LogP contribution in [0.4, 0.5) is 0 Å². The largest absolute Gasteiger partial charge is 0.385 e. The molecular weight excluding hydrogens is 349 g/mol. The molecule has 0 aliphatic heterocycles. The van der Waals surface area contributed by atoms with Crippen LogP contribution in [-0.2, 0) is 12.0 Å². The topological polar surface area (TPSA) is 46.2 Å². The number of hydrogen-bond acceptors (Lipinski definition) is 2. The van der Waals surface area contributed by atoms with E-state index in [1.165, 1.54) is 3.57 Å². The van der Waals surface area contributed by atoms with E-state index in [-0.39, 0.29) is 6.04 Å². The lowest BCUT2D eigenvalue weighted by Gasteiger charge is -2.24. The van der Waals surface area contributed by atoms with Gasteiger partial charge in [-0.05, 0) is 57.8 Å². The molecule has 0 amide bonds. The molecule has 98 valence electrons. The predicted molar refractivity (Wildman–Crippen MR) is 84.7 cm³/mol. The molecule has 2 aromatic carbocycles. The highest BCUT2D eigenvalue weighted by Gasteiger charge is 2.40. The van der Waals surface area contributed by atoms with Gasteiger partial charge in [0.15, 0.2) is 0 Å². The van der Waals surface area contributed by atoms with Gasteiger partial charge in [0.25, 0.3) is 0 Å². The van der Waals surface area contributed by atoms with Crippen LogP contribution >= 0.6 is 22.6 Å². The van der Waals surface area contributed by atoms with Crippen molar-refractivity contribution in [3.8, 4) is 0 Å². The van der Waals surface area contributed by atoms with Gasteiger partial charge in [0.1, 0.15) is 0 Å². The van der Waals surface area contributed by atoms with E-state index in [1.807, 2.05) is 24.3 Å². The SMILES string of the molecule is NC1CC(O)(Cc2ccc(I)cc2)c2ccccc21. The minimum absolute atomic E-state index is 0.0648. The minimum atomic E-state index is -0.831. The zero-order chi connectivity index (χ0) is 13.5. The minimum Gasteiger partial charge on any atom is -0.385 e. The summed E-state index contributed by atoms with van der Waals surface area (Å²) in [4.78, 5) is 0. The lowest BCUT2D eigenvalue weighted by atomic mass is 9.89. The molecule has 0 radical (unpaired) electrons. The molecule has 3 N–H and O–H groups in total. The van der Waals surface area contributed by atoms with E-state index in [0.717, 1.165) is 16.7 Å². The van der Waals surface area contributed by atoms with Gasteiger partial charge in [-0.1, -0.05) is 36.4 Å². The van der Waals surface area contributed by atoms with E-state index in [4.69, 9.17) is 5.73 Å². The number of benzene rings is 2. The predicted octanol–water partition coefficient (Wildman–Crippen LogP) is 3.13. The average molecular weight is 365 g/mol. The first kappa shape index (κ1) is 13.1. The van der Waals surface area contributed by atoms with Crippen molar-refractivity contribution in [2.24, 2.45) is 5.73 Å². The molecule has 1 aliphatic rings. The summed E-state index contributed by atoms with van der Waals surface area (Å²) in [7, 11) is 0. The highest BCUT2D eigenvalue weighted by atomic mass is 127. The molecule has 0 bridgehead atoms. The van der Waals surface area contributed by atoms with Gasteiger partial charge in [-0.3, -0.25) is 0 Å². The van der Waals surface area contributed by atoms with E-state index in [2.05, 4.69) is 46.9 Å². The molecular formula is C16H16INO. The second-order valence-corrected chi connectivity index (χ2v) is 6.48. The summed E-state index contributed by atoms with van der Waals surface area (Å²) >= 11 is 2.29. The van der Waals surface area contributed by atoms with Crippen LogP contribution in [0.25, 0.3) is 0 Å². The number of fused-ring (bicyclic) bond motifs is 1. The average Bonchev–Trinajstić information content (AvgIpc) is 2.65. The Morgan fingerprint density at radius 1 is 1.16 bits per heavy atom. The Balaban J connectivity index is 1.94. The third-order valence-electron chi connectivity index (χ3n) is 3.83. The molecule has 0 saturated carbocycles. The lowest BCUT2D eigenvalue weighted by molar-refractivity contribution is 0.0342. The highest BCUT2D eigenvalue weighted by molar-refractivity contribution is 14.1. The van der Waals surface area contributed by atoms with Crippen molar-refractivity contribution in [2.45, 2.75) is 24.5 Å². The highest BCUT2D eigenvalue weighted by Crippen LogP contribution is 2.43. The number of aliphatic hydroxyl groups is 1. The zero-order valence-corrected chi connectivity index (χ0v) is 12.7. The molecule has 0 spiro atoms. The standard InChI is InChI=1S/C16H16INO/c17-12-7-5-11(6-8-12)9-16(19)10-15(18)13-3-1-2-4-14(13)16/h1-8,15,19H,9-10,18H2.